The first kappa shape index (κ1) is 11.2. The topological polar surface area (TPSA) is 42.7 Å². The summed E-state index contributed by atoms with van der Waals surface area (Å²) in [7, 11) is 1.93. The third kappa shape index (κ3) is 2.12. The van der Waals surface area contributed by atoms with Crippen LogP contribution in [-0.4, -0.2) is 22.0 Å². The molecule has 0 unspecified atom stereocenters. The van der Waals surface area contributed by atoms with Crippen LogP contribution in [0.5, 0.6) is 0 Å². The smallest absolute Gasteiger partial charge is 0.0993 e. The van der Waals surface area contributed by atoms with E-state index < -0.39 is 0 Å². The van der Waals surface area contributed by atoms with Gasteiger partial charge in [0.25, 0.3) is 0 Å². The maximum atomic E-state index is 4.20. The second-order valence-electron chi connectivity index (χ2n) is 3.57. The van der Waals surface area contributed by atoms with Crippen LogP contribution in [0.4, 0.5) is 0 Å². The molecule has 0 atom stereocenters. The molecule has 0 saturated carbocycles. The zero-order valence-corrected chi connectivity index (χ0v) is 9.54. The van der Waals surface area contributed by atoms with E-state index in [9.17, 15) is 0 Å². The van der Waals surface area contributed by atoms with Crippen LogP contribution < -0.4 is 5.32 Å². The summed E-state index contributed by atoms with van der Waals surface area (Å²) >= 11 is 0. The fourth-order valence-corrected chi connectivity index (χ4v) is 1.69. The summed E-state index contributed by atoms with van der Waals surface area (Å²) in [5.74, 6) is 0. The second kappa shape index (κ2) is 5.10. The van der Waals surface area contributed by atoms with E-state index >= 15 is 0 Å². The van der Waals surface area contributed by atoms with Crippen molar-refractivity contribution in [1.82, 2.24) is 20.3 Å². The molecule has 0 saturated heterocycles. The molecular formula is C10H20N4. The molecule has 1 aromatic rings. The maximum absolute atomic E-state index is 4.20. The Kier molecular flexibility index (Phi) is 4.07. The Morgan fingerprint density at radius 3 is 2.50 bits per heavy atom. The summed E-state index contributed by atoms with van der Waals surface area (Å²) in [5.41, 5.74) is 2.24. The normalized spacial score (nSPS) is 11.2. The molecule has 1 N–H and O–H groups in total. The molecule has 0 aliphatic carbocycles. The van der Waals surface area contributed by atoms with Crippen molar-refractivity contribution < 1.29 is 0 Å². The fraction of sp³-hybridized carbons (Fsp3) is 0.800. The number of aromatic nitrogens is 3. The maximum Gasteiger partial charge on any atom is 0.0993 e. The van der Waals surface area contributed by atoms with Gasteiger partial charge in [0.05, 0.1) is 17.4 Å². The number of rotatable bonds is 5. The zero-order chi connectivity index (χ0) is 10.6. The largest absolute Gasteiger partial charge is 0.314 e. The lowest BCUT2D eigenvalue weighted by atomic mass is 10.1. The molecule has 14 heavy (non-hydrogen) atoms. The van der Waals surface area contributed by atoms with E-state index in [2.05, 4.69) is 36.4 Å². The van der Waals surface area contributed by atoms with Crippen molar-refractivity contribution >= 4 is 0 Å². The van der Waals surface area contributed by atoms with E-state index in [0.717, 1.165) is 25.1 Å². The minimum atomic E-state index is 0.494. The average Bonchev–Trinajstić information content (AvgIpc) is 2.53. The van der Waals surface area contributed by atoms with Crippen molar-refractivity contribution in [3.8, 4) is 0 Å². The molecule has 1 aromatic heterocycles. The SMILES string of the molecule is CCC(CC)n1nnc(CNC)c1C. The molecule has 0 spiro atoms. The van der Waals surface area contributed by atoms with Crippen molar-refractivity contribution in [1.29, 1.82) is 0 Å². The number of hydrogen-bond donors (Lipinski definition) is 1. The molecule has 80 valence electrons. The number of nitrogens with zero attached hydrogens (tertiary/aromatic N) is 3. The Hall–Kier alpha value is -0.900. The molecule has 0 radical (unpaired) electrons. The standard InChI is InChI=1S/C10H20N4/c1-5-9(6-2)14-8(3)10(7-11-4)12-13-14/h9,11H,5-7H2,1-4H3. The van der Waals surface area contributed by atoms with Gasteiger partial charge in [-0.15, -0.1) is 5.10 Å². The van der Waals surface area contributed by atoms with Crippen LogP contribution in [0, 0.1) is 6.92 Å². The van der Waals surface area contributed by atoms with Crippen LogP contribution in [0.15, 0.2) is 0 Å². The summed E-state index contributed by atoms with van der Waals surface area (Å²) in [6.07, 6.45) is 2.22. The van der Waals surface area contributed by atoms with Crippen molar-refractivity contribution in [2.45, 2.75) is 46.2 Å². The molecule has 4 nitrogen and oxygen atoms in total. The van der Waals surface area contributed by atoms with Crippen molar-refractivity contribution in [2.75, 3.05) is 7.05 Å². The quantitative estimate of drug-likeness (QED) is 0.779. The minimum Gasteiger partial charge on any atom is -0.314 e. The third-order valence-corrected chi connectivity index (χ3v) is 2.66. The van der Waals surface area contributed by atoms with Crippen LogP contribution in [0.25, 0.3) is 0 Å². The molecule has 1 heterocycles. The lowest BCUT2D eigenvalue weighted by Crippen LogP contribution is -2.12. The van der Waals surface area contributed by atoms with Gasteiger partial charge in [-0.25, -0.2) is 4.68 Å². The summed E-state index contributed by atoms with van der Waals surface area (Å²) in [6.45, 7) is 7.26. The predicted octanol–water partition coefficient (Wildman–Crippen LogP) is 1.67. The molecule has 0 bridgehead atoms. The Balaban J connectivity index is 2.87. The zero-order valence-electron chi connectivity index (χ0n) is 9.54. The predicted molar refractivity (Wildman–Crippen MR) is 57.1 cm³/mol. The van der Waals surface area contributed by atoms with E-state index in [4.69, 9.17) is 0 Å². The van der Waals surface area contributed by atoms with Gasteiger partial charge in [0.15, 0.2) is 0 Å². The van der Waals surface area contributed by atoms with Gasteiger partial charge in [-0.1, -0.05) is 19.1 Å². The van der Waals surface area contributed by atoms with Crippen LogP contribution in [0.2, 0.25) is 0 Å². The summed E-state index contributed by atoms with van der Waals surface area (Å²) in [5, 5.41) is 11.5. The van der Waals surface area contributed by atoms with E-state index in [-0.39, 0.29) is 0 Å². The summed E-state index contributed by atoms with van der Waals surface area (Å²) in [4.78, 5) is 0. The van der Waals surface area contributed by atoms with Gasteiger partial charge in [0.2, 0.25) is 0 Å². The van der Waals surface area contributed by atoms with Gasteiger partial charge in [0, 0.05) is 6.54 Å². The van der Waals surface area contributed by atoms with Crippen molar-refractivity contribution in [3.63, 3.8) is 0 Å². The molecular weight excluding hydrogens is 176 g/mol. The fourth-order valence-electron chi connectivity index (χ4n) is 1.69. The lowest BCUT2D eigenvalue weighted by molar-refractivity contribution is 0.410. The third-order valence-electron chi connectivity index (χ3n) is 2.66. The molecule has 0 aliphatic rings. The van der Waals surface area contributed by atoms with Crippen LogP contribution >= 0.6 is 0 Å². The molecule has 0 fully saturated rings. The van der Waals surface area contributed by atoms with Gasteiger partial charge < -0.3 is 5.32 Å². The van der Waals surface area contributed by atoms with Crippen LogP contribution in [0.1, 0.15) is 44.1 Å². The van der Waals surface area contributed by atoms with E-state index in [1.807, 2.05) is 11.7 Å². The molecule has 0 aromatic carbocycles. The van der Waals surface area contributed by atoms with Crippen molar-refractivity contribution in [2.24, 2.45) is 0 Å². The van der Waals surface area contributed by atoms with Gasteiger partial charge in [-0.3, -0.25) is 0 Å². The highest BCUT2D eigenvalue weighted by molar-refractivity contribution is 5.08. The molecule has 0 amide bonds. The second-order valence-corrected chi connectivity index (χ2v) is 3.57. The highest BCUT2D eigenvalue weighted by Gasteiger charge is 2.13. The Morgan fingerprint density at radius 1 is 1.36 bits per heavy atom. The molecule has 0 aliphatic heterocycles. The highest BCUT2D eigenvalue weighted by Crippen LogP contribution is 2.17. The van der Waals surface area contributed by atoms with E-state index in [1.54, 1.807) is 0 Å². The van der Waals surface area contributed by atoms with Gasteiger partial charge in [0.1, 0.15) is 0 Å². The van der Waals surface area contributed by atoms with Gasteiger partial charge in [-0.05, 0) is 26.8 Å². The van der Waals surface area contributed by atoms with Crippen LogP contribution in [-0.2, 0) is 6.54 Å². The average molecular weight is 196 g/mol. The Labute approximate surface area is 85.7 Å². The number of nitrogens with one attached hydrogen (secondary N) is 1. The van der Waals surface area contributed by atoms with E-state index in [0.29, 0.717) is 6.04 Å². The Bertz CT molecular complexity index is 276. The first-order chi connectivity index (χ1) is 6.74. The lowest BCUT2D eigenvalue weighted by Gasteiger charge is -2.13. The first-order valence-corrected chi connectivity index (χ1v) is 5.29. The highest BCUT2D eigenvalue weighted by atomic mass is 15.4. The summed E-state index contributed by atoms with van der Waals surface area (Å²) < 4.78 is 2.05. The van der Waals surface area contributed by atoms with Gasteiger partial charge >= 0.3 is 0 Å². The first-order valence-electron chi connectivity index (χ1n) is 5.29. The number of hydrogen-bond acceptors (Lipinski definition) is 3. The van der Waals surface area contributed by atoms with Crippen LogP contribution in [0.3, 0.4) is 0 Å². The molecule has 1 rings (SSSR count). The van der Waals surface area contributed by atoms with Gasteiger partial charge in [-0.2, -0.15) is 0 Å². The van der Waals surface area contributed by atoms with E-state index in [1.165, 1.54) is 5.69 Å². The Morgan fingerprint density at radius 2 is 2.00 bits per heavy atom. The summed E-state index contributed by atoms with van der Waals surface area (Å²) in [6, 6.07) is 0.494. The monoisotopic (exact) mass is 196 g/mol. The molecule has 4 heteroatoms. The van der Waals surface area contributed by atoms with Crippen molar-refractivity contribution in [3.05, 3.63) is 11.4 Å². The minimum absolute atomic E-state index is 0.494.